The zero-order valence-corrected chi connectivity index (χ0v) is 13.9. The summed E-state index contributed by atoms with van der Waals surface area (Å²) in [6.07, 6.45) is 1.59. The second-order valence-electron chi connectivity index (χ2n) is 5.59. The molecule has 0 spiro atoms. The average Bonchev–Trinajstić information content (AvgIpc) is 2.90. The highest BCUT2D eigenvalue weighted by Crippen LogP contribution is 2.24. The third-order valence-electron chi connectivity index (χ3n) is 4.09. The summed E-state index contributed by atoms with van der Waals surface area (Å²) < 4.78 is 5.13. The van der Waals surface area contributed by atoms with E-state index in [9.17, 15) is 14.4 Å². The average molecular weight is 339 g/mol. The number of hydrogen-bond acceptors (Lipinski definition) is 5. The van der Waals surface area contributed by atoms with Gasteiger partial charge in [0.2, 0.25) is 11.8 Å². The molecule has 1 aromatic heterocycles. The fourth-order valence-corrected chi connectivity index (χ4v) is 2.75. The first-order valence-corrected chi connectivity index (χ1v) is 7.77. The summed E-state index contributed by atoms with van der Waals surface area (Å²) in [6, 6.07) is 9.13. The third-order valence-corrected chi connectivity index (χ3v) is 4.09. The smallest absolute Gasteiger partial charge is 0.262 e. The minimum Gasteiger partial charge on any atom is -0.481 e. The largest absolute Gasteiger partial charge is 0.481 e. The van der Waals surface area contributed by atoms with E-state index in [0.29, 0.717) is 22.6 Å². The Morgan fingerprint density at radius 1 is 1.16 bits per heavy atom. The lowest BCUT2D eigenvalue weighted by Crippen LogP contribution is -2.47. The van der Waals surface area contributed by atoms with E-state index < -0.39 is 23.8 Å². The minimum absolute atomic E-state index is 0.184. The molecule has 0 unspecified atom stereocenters. The topological polar surface area (TPSA) is 88.6 Å². The molecular weight excluding hydrogens is 322 g/mol. The van der Waals surface area contributed by atoms with Gasteiger partial charge in [0.1, 0.15) is 6.04 Å². The number of imide groups is 1. The van der Waals surface area contributed by atoms with Crippen molar-refractivity contribution in [2.24, 2.45) is 0 Å². The summed E-state index contributed by atoms with van der Waals surface area (Å²) in [4.78, 5) is 42.3. The van der Waals surface area contributed by atoms with Crippen LogP contribution >= 0.6 is 0 Å². The molecule has 2 heterocycles. The Kier molecular flexibility index (Phi) is 4.47. The van der Waals surface area contributed by atoms with Gasteiger partial charge < -0.3 is 10.1 Å². The number of methoxy groups -OCH3 is 1. The summed E-state index contributed by atoms with van der Waals surface area (Å²) in [7, 11) is 1.50. The van der Waals surface area contributed by atoms with E-state index in [1.807, 2.05) is 0 Å². The number of rotatable bonds is 5. The first-order valence-electron chi connectivity index (χ1n) is 7.77. The predicted molar refractivity (Wildman–Crippen MR) is 89.0 cm³/mol. The SMILES string of the molecule is COc1ncccc1CNC(=O)[C@@H](C)N1C(=O)c2ccccc2C1=O. The molecule has 0 radical (unpaired) electrons. The van der Waals surface area contributed by atoms with Gasteiger partial charge in [0, 0.05) is 18.3 Å². The van der Waals surface area contributed by atoms with Crippen LogP contribution in [0.1, 0.15) is 33.2 Å². The lowest BCUT2D eigenvalue weighted by atomic mass is 10.1. The van der Waals surface area contributed by atoms with Crippen molar-refractivity contribution in [3.63, 3.8) is 0 Å². The number of hydrogen-bond donors (Lipinski definition) is 1. The van der Waals surface area contributed by atoms with Gasteiger partial charge in [0.25, 0.3) is 11.8 Å². The molecule has 1 aromatic carbocycles. The van der Waals surface area contributed by atoms with E-state index in [1.54, 1.807) is 42.6 Å². The lowest BCUT2D eigenvalue weighted by Gasteiger charge is -2.21. The van der Waals surface area contributed by atoms with E-state index in [-0.39, 0.29) is 6.54 Å². The van der Waals surface area contributed by atoms with Crippen molar-refractivity contribution in [3.8, 4) is 5.88 Å². The molecule has 0 aliphatic carbocycles. The van der Waals surface area contributed by atoms with Gasteiger partial charge in [0.15, 0.2) is 0 Å². The van der Waals surface area contributed by atoms with Crippen LogP contribution in [-0.4, -0.2) is 40.8 Å². The maximum atomic E-state index is 12.4. The van der Waals surface area contributed by atoms with Crippen molar-refractivity contribution in [2.45, 2.75) is 19.5 Å². The van der Waals surface area contributed by atoms with Gasteiger partial charge >= 0.3 is 0 Å². The maximum absolute atomic E-state index is 12.4. The number of fused-ring (bicyclic) bond motifs is 1. The number of benzene rings is 1. The monoisotopic (exact) mass is 339 g/mol. The molecule has 1 atom stereocenters. The summed E-state index contributed by atoms with van der Waals surface area (Å²) in [5, 5.41) is 2.71. The number of nitrogens with zero attached hydrogens (tertiary/aromatic N) is 2. The van der Waals surface area contributed by atoms with Gasteiger partial charge in [-0.1, -0.05) is 18.2 Å². The van der Waals surface area contributed by atoms with Gasteiger partial charge in [-0.2, -0.15) is 0 Å². The first kappa shape index (κ1) is 16.6. The Morgan fingerprint density at radius 2 is 1.80 bits per heavy atom. The molecule has 128 valence electrons. The number of nitrogens with one attached hydrogen (secondary N) is 1. The molecule has 0 bridgehead atoms. The fourth-order valence-electron chi connectivity index (χ4n) is 2.75. The third kappa shape index (κ3) is 2.96. The Morgan fingerprint density at radius 3 is 2.40 bits per heavy atom. The number of carbonyl (C=O) groups is 3. The van der Waals surface area contributed by atoms with Crippen LogP contribution in [0.3, 0.4) is 0 Å². The normalized spacial score (nSPS) is 14.2. The molecule has 0 saturated carbocycles. The molecule has 3 amide bonds. The van der Waals surface area contributed by atoms with Crippen LogP contribution in [0.2, 0.25) is 0 Å². The Bertz CT molecular complexity index is 815. The zero-order valence-electron chi connectivity index (χ0n) is 13.9. The summed E-state index contributed by atoms with van der Waals surface area (Å²) in [5.74, 6) is -0.930. The predicted octanol–water partition coefficient (Wildman–Crippen LogP) is 1.39. The van der Waals surface area contributed by atoms with Crippen LogP contribution < -0.4 is 10.1 Å². The van der Waals surface area contributed by atoms with E-state index >= 15 is 0 Å². The highest BCUT2D eigenvalue weighted by molar-refractivity contribution is 6.22. The molecule has 7 heteroatoms. The number of pyridine rings is 1. The van der Waals surface area contributed by atoms with Gasteiger partial charge in [-0.3, -0.25) is 19.3 Å². The maximum Gasteiger partial charge on any atom is 0.262 e. The Balaban J connectivity index is 1.71. The molecule has 3 rings (SSSR count). The molecular formula is C18H17N3O4. The van der Waals surface area contributed by atoms with Crippen molar-refractivity contribution >= 4 is 17.7 Å². The van der Waals surface area contributed by atoms with Crippen molar-refractivity contribution in [1.82, 2.24) is 15.2 Å². The number of ether oxygens (including phenoxy) is 1. The van der Waals surface area contributed by atoms with Crippen LogP contribution in [0.25, 0.3) is 0 Å². The van der Waals surface area contributed by atoms with Crippen molar-refractivity contribution in [3.05, 3.63) is 59.3 Å². The summed E-state index contributed by atoms with van der Waals surface area (Å²) in [5.41, 5.74) is 1.34. The summed E-state index contributed by atoms with van der Waals surface area (Å²) >= 11 is 0. The van der Waals surface area contributed by atoms with Crippen molar-refractivity contribution in [2.75, 3.05) is 7.11 Å². The molecule has 7 nitrogen and oxygen atoms in total. The highest BCUT2D eigenvalue weighted by Gasteiger charge is 2.40. The first-order chi connectivity index (χ1) is 12.0. The quantitative estimate of drug-likeness (QED) is 0.832. The van der Waals surface area contributed by atoms with E-state index in [4.69, 9.17) is 4.74 Å². The molecule has 1 aliphatic heterocycles. The van der Waals surface area contributed by atoms with E-state index in [2.05, 4.69) is 10.3 Å². The van der Waals surface area contributed by atoms with E-state index in [1.165, 1.54) is 14.0 Å². The van der Waals surface area contributed by atoms with Gasteiger partial charge in [-0.05, 0) is 25.1 Å². The number of aromatic nitrogens is 1. The van der Waals surface area contributed by atoms with Gasteiger partial charge in [-0.25, -0.2) is 4.98 Å². The molecule has 1 N–H and O–H groups in total. The van der Waals surface area contributed by atoms with Crippen LogP contribution in [-0.2, 0) is 11.3 Å². The second-order valence-corrected chi connectivity index (χ2v) is 5.59. The molecule has 2 aromatic rings. The Hall–Kier alpha value is -3.22. The van der Waals surface area contributed by atoms with Crippen LogP contribution in [0, 0.1) is 0 Å². The lowest BCUT2D eigenvalue weighted by molar-refractivity contribution is -0.124. The minimum atomic E-state index is -0.921. The van der Waals surface area contributed by atoms with E-state index in [0.717, 1.165) is 4.90 Å². The van der Waals surface area contributed by atoms with Crippen LogP contribution in [0.5, 0.6) is 5.88 Å². The molecule has 0 fully saturated rings. The number of carbonyl (C=O) groups excluding carboxylic acids is 3. The standard InChI is InChI=1S/C18H17N3O4/c1-11(15(22)20-10-12-6-5-9-19-16(12)25-2)21-17(23)13-7-3-4-8-14(13)18(21)24/h3-9,11H,10H2,1-2H3,(H,20,22)/t11-/m1/s1. The molecule has 1 aliphatic rings. The summed E-state index contributed by atoms with van der Waals surface area (Å²) in [6.45, 7) is 1.71. The highest BCUT2D eigenvalue weighted by atomic mass is 16.5. The fraction of sp³-hybridized carbons (Fsp3) is 0.222. The van der Waals surface area contributed by atoms with Crippen molar-refractivity contribution in [1.29, 1.82) is 0 Å². The van der Waals surface area contributed by atoms with Crippen LogP contribution in [0.15, 0.2) is 42.6 Å². The number of amides is 3. The van der Waals surface area contributed by atoms with Crippen molar-refractivity contribution < 1.29 is 19.1 Å². The van der Waals surface area contributed by atoms with Gasteiger partial charge in [0.05, 0.1) is 18.2 Å². The Labute approximate surface area is 144 Å². The molecule has 0 saturated heterocycles. The molecule has 25 heavy (non-hydrogen) atoms. The van der Waals surface area contributed by atoms with Crippen LogP contribution in [0.4, 0.5) is 0 Å². The van der Waals surface area contributed by atoms with Gasteiger partial charge in [-0.15, -0.1) is 0 Å². The second kappa shape index (κ2) is 6.72. The zero-order chi connectivity index (χ0) is 18.0.